The molecule has 0 spiro atoms. The molecule has 0 N–H and O–H groups in total. The van der Waals surface area contributed by atoms with Crippen molar-refractivity contribution in [3.05, 3.63) is 53.1 Å². The normalized spacial score (nSPS) is 19.1. The summed E-state index contributed by atoms with van der Waals surface area (Å²) in [6, 6.07) is 10.7. The van der Waals surface area contributed by atoms with Crippen LogP contribution in [0.5, 0.6) is 11.5 Å². The summed E-state index contributed by atoms with van der Waals surface area (Å²) >= 11 is 0. The van der Waals surface area contributed by atoms with Crippen LogP contribution in [0.2, 0.25) is 0 Å². The highest BCUT2D eigenvalue weighted by atomic mass is 32.2. The van der Waals surface area contributed by atoms with Crippen molar-refractivity contribution in [1.82, 2.24) is 4.31 Å². The highest BCUT2D eigenvalue weighted by molar-refractivity contribution is 7.89. The molecule has 1 atom stereocenters. The molecule has 2 aromatic carbocycles. The minimum absolute atomic E-state index is 0.0983. The molecule has 2 aliphatic heterocycles. The van der Waals surface area contributed by atoms with E-state index >= 15 is 0 Å². The molecule has 8 heteroatoms. The lowest BCUT2D eigenvalue weighted by molar-refractivity contribution is -0.151. The fourth-order valence-corrected chi connectivity index (χ4v) is 5.81. The number of rotatable bonds is 7. The Morgan fingerprint density at radius 3 is 2.52 bits per heavy atom. The molecule has 1 saturated heterocycles. The van der Waals surface area contributed by atoms with E-state index in [0.29, 0.717) is 38.3 Å². The van der Waals surface area contributed by atoms with E-state index in [9.17, 15) is 13.2 Å². The van der Waals surface area contributed by atoms with Crippen LogP contribution in [0.25, 0.3) is 0 Å². The zero-order valence-electron chi connectivity index (χ0n) is 19.4. The first-order chi connectivity index (χ1) is 15.8. The standard InChI is InChI=1S/C25H31NO6S/c1-4-30-23-14-20-13-18(3)32-24(20)15-21(23)16-31-25(27)19-9-11-26(12-10-19)33(28,29)22-7-5-17(2)6-8-22/h5-8,14-15,18-19H,4,9-13,16H2,1-3H3/t18-/m0/s1. The Bertz CT molecular complexity index is 1100. The maximum atomic E-state index is 12.9. The number of carbonyl (C=O) groups is 1. The van der Waals surface area contributed by atoms with Gasteiger partial charge in [-0.1, -0.05) is 17.7 Å². The summed E-state index contributed by atoms with van der Waals surface area (Å²) in [6.45, 7) is 7.06. The van der Waals surface area contributed by atoms with E-state index in [-0.39, 0.29) is 29.5 Å². The minimum Gasteiger partial charge on any atom is -0.493 e. The first kappa shape index (κ1) is 23.6. The molecule has 2 heterocycles. The van der Waals surface area contributed by atoms with Crippen LogP contribution in [0, 0.1) is 12.8 Å². The Kier molecular flexibility index (Phi) is 6.95. The summed E-state index contributed by atoms with van der Waals surface area (Å²) in [7, 11) is -3.55. The third-order valence-corrected chi connectivity index (χ3v) is 8.11. The second kappa shape index (κ2) is 9.73. The molecule has 0 bridgehead atoms. The number of benzene rings is 2. The zero-order valence-corrected chi connectivity index (χ0v) is 20.2. The predicted molar refractivity (Wildman–Crippen MR) is 124 cm³/mol. The number of sulfonamides is 1. The molecule has 0 aliphatic carbocycles. The summed E-state index contributed by atoms with van der Waals surface area (Å²) in [5.41, 5.74) is 2.88. The maximum absolute atomic E-state index is 12.9. The van der Waals surface area contributed by atoms with Crippen LogP contribution in [0.3, 0.4) is 0 Å². The number of fused-ring (bicyclic) bond motifs is 1. The van der Waals surface area contributed by atoms with Crippen molar-refractivity contribution in [3.63, 3.8) is 0 Å². The third-order valence-electron chi connectivity index (χ3n) is 6.19. The number of hydrogen-bond acceptors (Lipinski definition) is 6. The molecule has 0 amide bonds. The molecule has 1 fully saturated rings. The average Bonchev–Trinajstić information content (AvgIpc) is 3.16. The highest BCUT2D eigenvalue weighted by Crippen LogP contribution is 2.36. The van der Waals surface area contributed by atoms with Gasteiger partial charge in [0.05, 0.1) is 17.4 Å². The Morgan fingerprint density at radius 1 is 1.15 bits per heavy atom. The number of nitrogens with zero attached hydrogens (tertiary/aromatic N) is 1. The summed E-state index contributed by atoms with van der Waals surface area (Å²) in [5, 5.41) is 0. The molecule has 33 heavy (non-hydrogen) atoms. The maximum Gasteiger partial charge on any atom is 0.309 e. The van der Waals surface area contributed by atoms with Crippen molar-refractivity contribution in [2.24, 2.45) is 5.92 Å². The number of aryl methyl sites for hydroxylation is 1. The van der Waals surface area contributed by atoms with Gasteiger partial charge in [-0.05, 0) is 57.9 Å². The topological polar surface area (TPSA) is 82.1 Å². The molecule has 0 aromatic heterocycles. The smallest absolute Gasteiger partial charge is 0.309 e. The summed E-state index contributed by atoms with van der Waals surface area (Å²) in [5.74, 6) is 0.891. The van der Waals surface area contributed by atoms with E-state index < -0.39 is 10.0 Å². The largest absolute Gasteiger partial charge is 0.493 e. The Balaban J connectivity index is 1.35. The quantitative estimate of drug-likeness (QED) is 0.568. The van der Waals surface area contributed by atoms with Crippen LogP contribution in [-0.4, -0.2) is 44.5 Å². The lowest BCUT2D eigenvalue weighted by Crippen LogP contribution is -2.40. The minimum atomic E-state index is -3.55. The summed E-state index contributed by atoms with van der Waals surface area (Å²) < 4.78 is 44.4. The molecular formula is C25H31NO6S. The Labute approximate surface area is 195 Å². The monoisotopic (exact) mass is 473 g/mol. The Morgan fingerprint density at radius 2 is 1.85 bits per heavy atom. The van der Waals surface area contributed by atoms with Crippen molar-refractivity contribution < 1.29 is 27.4 Å². The van der Waals surface area contributed by atoms with E-state index in [0.717, 1.165) is 28.9 Å². The second-order valence-corrected chi connectivity index (χ2v) is 10.7. The average molecular weight is 474 g/mol. The molecule has 0 radical (unpaired) electrons. The summed E-state index contributed by atoms with van der Waals surface area (Å²) in [6.07, 6.45) is 1.83. The van der Waals surface area contributed by atoms with Crippen molar-refractivity contribution in [1.29, 1.82) is 0 Å². The van der Waals surface area contributed by atoms with Crippen LogP contribution in [0.4, 0.5) is 0 Å². The number of carbonyl (C=O) groups excluding carboxylic acids is 1. The van der Waals surface area contributed by atoms with Crippen LogP contribution in [0.1, 0.15) is 43.4 Å². The molecule has 2 aromatic rings. The van der Waals surface area contributed by atoms with Crippen molar-refractivity contribution in [2.75, 3.05) is 19.7 Å². The molecule has 178 valence electrons. The van der Waals surface area contributed by atoms with E-state index in [4.69, 9.17) is 14.2 Å². The fourth-order valence-electron chi connectivity index (χ4n) is 4.34. The van der Waals surface area contributed by atoms with Gasteiger partial charge in [0.1, 0.15) is 24.2 Å². The van der Waals surface area contributed by atoms with Gasteiger partial charge in [-0.25, -0.2) is 8.42 Å². The van der Waals surface area contributed by atoms with Gasteiger partial charge in [0.2, 0.25) is 10.0 Å². The molecule has 2 aliphatic rings. The van der Waals surface area contributed by atoms with E-state index in [1.165, 1.54) is 4.31 Å². The van der Waals surface area contributed by atoms with Crippen molar-refractivity contribution in [3.8, 4) is 11.5 Å². The number of piperidine rings is 1. The van der Waals surface area contributed by atoms with Crippen molar-refractivity contribution >= 4 is 16.0 Å². The van der Waals surface area contributed by atoms with Gasteiger partial charge >= 0.3 is 5.97 Å². The zero-order chi connectivity index (χ0) is 23.6. The molecule has 0 unspecified atom stereocenters. The lowest BCUT2D eigenvalue weighted by Gasteiger charge is -2.30. The number of ether oxygens (including phenoxy) is 3. The number of hydrogen-bond donors (Lipinski definition) is 0. The van der Waals surface area contributed by atoms with Crippen LogP contribution in [-0.2, 0) is 32.6 Å². The van der Waals surface area contributed by atoms with Crippen molar-refractivity contribution in [2.45, 2.75) is 57.6 Å². The van der Waals surface area contributed by atoms with Gasteiger partial charge in [-0.15, -0.1) is 0 Å². The molecule has 7 nitrogen and oxygen atoms in total. The van der Waals surface area contributed by atoms with Gasteiger partial charge in [0.25, 0.3) is 0 Å². The lowest BCUT2D eigenvalue weighted by atomic mass is 9.98. The van der Waals surface area contributed by atoms with Gasteiger partial charge in [-0.3, -0.25) is 4.79 Å². The first-order valence-corrected chi connectivity index (χ1v) is 12.9. The molecular weight excluding hydrogens is 442 g/mol. The van der Waals surface area contributed by atoms with Gasteiger partial charge in [-0.2, -0.15) is 4.31 Å². The van der Waals surface area contributed by atoms with Gasteiger partial charge < -0.3 is 14.2 Å². The van der Waals surface area contributed by atoms with E-state index in [1.807, 2.05) is 32.9 Å². The molecule has 4 rings (SSSR count). The van der Waals surface area contributed by atoms with Crippen LogP contribution >= 0.6 is 0 Å². The van der Waals surface area contributed by atoms with E-state index in [2.05, 4.69) is 0 Å². The van der Waals surface area contributed by atoms with Crippen LogP contribution in [0.15, 0.2) is 41.3 Å². The first-order valence-electron chi connectivity index (χ1n) is 11.5. The van der Waals surface area contributed by atoms with Gasteiger partial charge in [0.15, 0.2) is 0 Å². The SMILES string of the molecule is CCOc1cc2c(cc1COC(=O)C1CCN(S(=O)(=O)c3ccc(C)cc3)CC1)O[C@@H](C)C2. The fraction of sp³-hybridized carbons (Fsp3) is 0.480. The number of esters is 1. The predicted octanol–water partition coefficient (Wildman–Crippen LogP) is 3.86. The second-order valence-electron chi connectivity index (χ2n) is 8.73. The summed E-state index contributed by atoms with van der Waals surface area (Å²) in [4.78, 5) is 13.0. The molecule has 0 saturated carbocycles. The Hall–Kier alpha value is -2.58. The van der Waals surface area contributed by atoms with E-state index in [1.54, 1.807) is 24.3 Å². The van der Waals surface area contributed by atoms with Gasteiger partial charge in [0, 0.05) is 30.6 Å². The highest BCUT2D eigenvalue weighted by Gasteiger charge is 2.33. The van der Waals surface area contributed by atoms with Crippen LogP contribution < -0.4 is 9.47 Å². The third kappa shape index (κ3) is 5.17.